The largest absolute Gasteiger partial charge is 0.480 e. The quantitative estimate of drug-likeness (QED) is 0.178. The van der Waals surface area contributed by atoms with E-state index in [0.717, 1.165) is 39.4 Å². The first-order chi connectivity index (χ1) is 20.5. The lowest BCUT2D eigenvalue weighted by molar-refractivity contribution is -0.141. The number of halogens is 3. The Labute approximate surface area is 248 Å². The molecule has 2 heterocycles. The molecule has 1 unspecified atom stereocenters. The smallest absolute Gasteiger partial charge is 0.416 e. The van der Waals surface area contributed by atoms with Gasteiger partial charge >= 0.3 is 12.1 Å². The van der Waals surface area contributed by atoms with Crippen molar-refractivity contribution in [2.45, 2.75) is 36.5 Å². The Morgan fingerprint density at radius 2 is 1.74 bits per heavy atom. The summed E-state index contributed by atoms with van der Waals surface area (Å²) in [6, 6.07) is 16.0. The minimum atomic E-state index is -4.68. The third-order valence-corrected chi connectivity index (χ3v) is 8.61. The number of aromatic nitrogens is 1. The zero-order valence-corrected chi connectivity index (χ0v) is 23.6. The number of hydrogen-bond donors (Lipinski definition) is 3. The molecule has 4 aromatic rings. The van der Waals surface area contributed by atoms with E-state index in [-0.39, 0.29) is 41.3 Å². The van der Waals surface area contributed by atoms with Gasteiger partial charge in [-0.3, -0.25) is 14.2 Å². The molecule has 0 bridgehead atoms. The molecule has 0 fully saturated rings. The van der Waals surface area contributed by atoms with Gasteiger partial charge in [0.05, 0.1) is 5.56 Å². The van der Waals surface area contributed by atoms with Crippen LogP contribution in [0.2, 0.25) is 0 Å². The molecule has 1 atom stereocenters. The number of primary amides is 1. The highest BCUT2D eigenvalue weighted by Crippen LogP contribution is 2.43. The Bertz CT molecular complexity index is 1770. The monoisotopic (exact) mass is 611 g/mol. The Morgan fingerprint density at radius 1 is 1.02 bits per heavy atom. The summed E-state index contributed by atoms with van der Waals surface area (Å²) >= 11 is 1.04. The number of rotatable bonds is 9. The number of pyridine rings is 1. The van der Waals surface area contributed by atoms with Crippen molar-refractivity contribution in [2.24, 2.45) is 5.73 Å². The number of fused-ring (bicyclic) bond motifs is 2. The standard InChI is InChI=1S/C31H28F3N3O5S/c32-31(33,34)21-11-6-10-20(15-21)25-23(16-19-9-5-8-18-7-1-2-12-22(18)19)26(27(35)39)28(40)37-24(30(41)42)17-36(43-29(25)37)13-3-4-14-38/h1-2,5-12,15,24,38H,3-4,13-14,16-17H2,(H2,35,39)(H,41,42). The van der Waals surface area contributed by atoms with E-state index in [1.807, 2.05) is 30.3 Å². The van der Waals surface area contributed by atoms with Gasteiger partial charge in [0.2, 0.25) is 0 Å². The molecule has 43 heavy (non-hydrogen) atoms. The van der Waals surface area contributed by atoms with Crippen molar-refractivity contribution in [3.8, 4) is 11.1 Å². The van der Waals surface area contributed by atoms with Crippen molar-refractivity contribution in [1.82, 2.24) is 8.87 Å². The summed E-state index contributed by atoms with van der Waals surface area (Å²) < 4.78 is 44.3. The molecule has 0 aliphatic carbocycles. The van der Waals surface area contributed by atoms with Gasteiger partial charge in [-0.15, -0.1) is 0 Å². The maximum Gasteiger partial charge on any atom is 0.416 e. The average molecular weight is 612 g/mol. The number of unbranched alkanes of at least 4 members (excludes halogenated alkanes) is 1. The predicted octanol–water partition coefficient (Wildman–Crippen LogP) is 5.10. The van der Waals surface area contributed by atoms with Gasteiger partial charge in [-0.1, -0.05) is 54.6 Å². The maximum absolute atomic E-state index is 14.0. The van der Waals surface area contributed by atoms with E-state index in [0.29, 0.717) is 24.9 Å². The average Bonchev–Trinajstić information content (AvgIpc) is 2.96. The highest BCUT2D eigenvalue weighted by molar-refractivity contribution is 7.97. The number of hydrogen-bond acceptors (Lipinski definition) is 6. The van der Waals surface area contributed by atoms with E-state index in [4.69, 9.17) is 5.73 Å². The lowest BCUT2D eigenvalue weighted by atomic mass is 9.89. The first-order valence-electron chi connectivity index (χ1n) is 13.5. The number of amides is 1. The highest BCUT2D eigenvalue weighted by Gasteiger charge is 2.38. The Kier molecular flexibility index (Phi) is 8.63. The number of nitrogens with zero attached hydrogens (tertiary/aromatic N) is 2. The fourth-order valence-corrected chi connectivity index (χ4v) is 6.78. The summed E-state index contributed by atoms with van der Waals surface area (Å²) in [5, 5.41) is 21.2. The van der Waals surface area contributed by atoms with Crippen LogP contribution in [-0.4, -0.2) is 50.7 Å². The van der Waals surface area contributed by atoms with Crippen LogP contribution in [0.15, 0.2) is 76.6 Å². The molecule has 0 saturated carbocycles. The maximum atomic E-state index is 14.0. The van der Waals surface area contributed by atoms with Crippen LogP contribution in [-0.2, 0) is 17.4 Å². The molecule has 0 spiro atoms. The molecule has 4 N–H and O–H groups in total. The first kappa shape index (κ1) is 30.3. The van der Waals surface area contributed by atoms with E-state index in [9.17, 15) is 37.8 Å². The minimum Gasteiger partial charge on any atom is -0.480 e. The third kappa shape index (κ3) is 6.03. The number of carbonyl (C=O) groups is 2. The molecule has 3 aromatic carbocycles. The summed E-state index contributed by atoms with van der Waals surface area (Å²) in [6.45, 7) is 0.173. The predicted molar refractivity (Wildman–Crippen MR) is 157 cm³/mol. The topological polar surface area (TPSA) is 126 Å². The number of nitrogens with two attached hydrogens (primary N) is 1. The van der Waals surface area contributed by atoms with Crippen LogP contribution >= 0.6 is 11.9 Å². The molecular weight excluding hydrogens is 583 g/mol. The number of benzene rings is 3. The fraction of sp³-hybridized carbons (Fsp3) is 0.258. The highest BCUT2D eigenvalue weighted by atomic mass is 32.2. The van der Waals surface area contributed by atoms with Gasteiger partial charge in [0, 0.05) is 25.3 Å². The molecule has 224 valence electrons. The van der Waals surface area contributed by atoms with Crippen LogP contribution in [0.5, 0.6) is 0 Å². The van der Waals surface area contributed by atoms with Gasteiger partial charge in [0.15, 0.2) is 0 Å². The van der Waals surface area contributed by atoms with E-state index in [1.165, 1.54) is 12.1 Å². The van der Waals surface area contributed by atoms with Crippen LogP contribution in [0.4, 0.5) is 13.2 Å². The second-order valence-electron chi connectivity index (χ2n) is 10.2. The van der Waals surface area contributed by atoms with Crippen LogP contribution < -0.4 is 11.3 Å². The van der Waals surface area contributed by atoms with E-state index < -0.39 is 40.8 Å². The molecule has 5 rings (SSSR count). The Hall–Kier alpha value is -4.13. The molecule has 1 aromatic heterocycles. The lowest BCUT2D eigenvalue weighted by Gasteiger charge is -2.35. The summed E-state index contributed by atoms with van der Waals surface area (Å²) in [5.41, 5.74) is 4.46. The van der Waals surface area contributed by atoms with Crippen molar-refractivity contribution in [2.75, 3.05) is 19.7 Å². The summed E-state index contributed by atoms with van der Waals surface area (Å²) in [6.07, 6.45) is -3.75. The molecule has 12 heteroatoms. The number of aliphatic hydroxyl groups excluding tert-OH is 1. The lowest BCUT2D eigenvalue weighted by Crippen LogP contribution is -2.45. The van der Waals surface area contributed by atoms with E-state index in [1.54, 1.807) is 16.4 Å². The van der Waals surface area contributed by atoms with Gasteiger partial charge < -0.3 is 15.9 Å². The number of carbonyl (C=O) groups excluding carboxylic acids is 1. The SMILES string of the molecule is NC(=O)c1c(Cc2cccc3ccccc23)c(-c2cccc(C(F)(F)F)c2)c2n(c1=O)C(C(=O)O)CN(CCCCO)S2. The molecule has 8 nitrogen and oxygen atoms in total. The minimum absolute atomic E-state index is 0.0307. The fourth-order valence-electron chi connectivity index (χ4n) is 5.47. The van der Waals surface area contributed by atoms with Gasteiger partial charge in [-0.25, -0.2) is 9.10 Å². The third-order valence-electron chi connectivity index (χ3n) is 7.45. The van der Waals surface area contributed by atoms with Gasteiger partial charge in [0.25, 0.3) is 11.5 Å². The van der Waals surface area contributed by atoms with Crippen LogP contribution in [0.1, 0.15) is 45.9 Å². The summed E-state index contributed by atoms with van der Waals surface area (Å²) in [4.78, 5) is 39.4. The van der Waals surface area contributed by atoms with Crippen LogP contribution in [0.3, 0.4) is 0 Å². The molecule has 1 aliphatic heterocycles. The van der Waals surface area contributed by atoms with Gasteiger partial charge in [-0.2, -0.15) is 13.2 Å². The Morgan fingerprint density at radius 3 is 2.44 bits per heavy atom. The van der Waals surface area contributed by atoms with Crippen LogP contribution in [0, 0.1) is 0 Å². The van der Waals surface area contributed by atoms with Crippen molar-refractivity contribution < 1.29 is 33.0 Å². The zero-order chi connectivity index (χ0) is 30.9. The number of carboxylic acids is 1. The van der Waals surface area contributed by atoms with Crippen molar-refractivity contribution in [1.29, 1.82) is 0 Å². The molecule has 0 radical (unpaired) electrons. The van der Waals surface area contributed by atoms with Crippen molar-refractivity contribution in [3.63, 3.8) is 0 Å². The normalized spacial score (nSPS) is 15.4. The number of alkyl halides is 3. The molecule has 0 saturated heterocycles. The second kappa shape index (κ2) is 12.2. The van der Waals surface area contributed by atoms with Crippen LogP contribution in [0.25, 0.3) is 21.9 Å². The van der Waals surface area contributed by atoms with Crippen molar-refractivity contribution >= 4 is 34.6 Å². The molecular formula is C31H28F3N3O5S. The summed E-state index contributed by atoms with van der Waals surface area (Å²) in [5.74, 6) is -2.45. The van der Waals surface area contributed by atoms with Gasteiger partial charge in [-0.05, 0) is 70.8 Å². The summed E-state index contributed by atoms with van der Waals surface area (Å²) in [7, 11) is 0. The van der Waals surface area contributed by atoms with E-state index in [2.05, 4.69) is 0 Å². The zero-order valence-electron chi connectivity index (χ0n) is 22.8. The second-order valence-corrected chi connectivity index (χ2v) is 11.3. The van der Waals surface area contributed by atoms with Gasteiger partial charge in [0.1, 0.15) is 16.6 Å². The number of aliphatic carboxylic acids is 1. The molecule has 1 amide bonds. The number of aliphatic hydroxyl groups is 1. The molecule has 1 aliphatic rings. The first-order valence-corrected chi connectivity index (χ1v) is 14.3. The number of carboxylic acid groups (broad SMARTS) is 1. The van der Waals surface area contributed by atoms with Crippen molar-refractivity contribution in [3.05, 3.63) is 99.3 Å². The van der Waals surface area contributed by atoms with E-state index >= 15 is 0 Å². The Balaban J connectivity index is 1.85.